The van der Waals surface area contributed by atoms with Crippen LogP contribution in [0.15, 0.2) is 23.9 Å². The molecule has 0 spiro atoms. The van der Waals surface area contributed by atoms with Crippen molar-refractivity contribution < 1.29 is 23.7 Å². The van der Waals surface area contributed by atoms with Crippen molar-refractivity contribution >= 4 is 39.2 Å². The molecule has 0 bridgehead atoms. The average molecular weight is 662 g/mol. The largest absolute Gasteiger partial charge is 0.475 e. The minimum atomic E-state index is -0.570. The van der Waals surface area contributed by atoms with Gasteiger partial charge < -0.3 is 24.2 Å². The Morgan fingerprint density at radius 2 is 2.13 bits per heavy atom. The van der Waals surface area contributed by atoms with Gasteiger partial charge in [0.2, 0.25) is 5.88 Å². The van der Waals surface area contributed by atoms with Crippen LogP contribution in [0.2, 0.25) is 5.02 Å². The molecule has 3 saturated heterocycles. The third kappa shape index (κ3) is 4.78. The summed E-state index contributed by atoms with van der Waals surface area (Å²) in [6, 6.07) is 1.87. The molecular weight excluding hydrogens is 625 g/mol. The number of nitrogens with zero attached hydrogens (tertiary/aromatic N) is 6. The number of pyridine rings is 1. The first-order valence-electron chi connectivity index (χ1n) is 16.7. The quantitative estimate of drug-likeness (QED) is 0.268. The Hall–Kier alpha value is -3.58. The molecule has 0 radical (unpaired) electrons. The molecular formula is C34H37ClFN7O4. The van der Waals surface area contributed by atoms with Crippen molar-refractivity contribution in [3.05, 3.63) is 40.3 Å². The minimum absolute atomic E-state index is 0.0242. The van der Waals surface area contributed by atoms with Gasteiger partial charge in [-0.2, -0.15) is 15.1 Å². The van der Waals surface area contributed by atoms with Crippen LogP contribution in [0, 0.1) is 5.82 Å². The first kappa shape index (κ1) is 29.6. The molecule has 4 aliphatic heterocycles. The smallest absolute Gasteiger partial charge is 0.319 e. The van der Waals surface area contributed by atoms with Gasteiger partial charge in [0, 0.05) is 35.2 Å². The number of aliphatic hydroxyl groups excluding tert-OH is 1. The maximum atomic E-state index is 17.3. The van der Waals surface area contributed by atoms with Crippen LogP contribution in [0.3, 0.4) is 0 Å². The van der Waals surface area contributed by atoms with Gasteiger partial charge in [-0.15, -0.1) is 0 Å². The van der Waals surface area contributed by atoms with Gasteiger partial charge in [0.15, 0.2) is 5.82 Å². The average Bonchev–Trinajstić information content (AvgIpc) is 3.62. The highest BCUT2D eigenvalue weighted by molar-refractivity contribution is 6.33. The summed E-state index contributed by atoms with van der Waals surface area (Å²) in [4.78, 5) is 19.3. The number of aromatic nitrogens is 5. The molecule has 0 unspecified atom stereocenters. The van der Waals surface area contributed by atoms with Crippen molar-refractivity contribution in [1.82, 2.24) is 30.0 Å². The monoisotopic (exact) mass is 661 g/mol. The summed E-state index contributed by atoms with van der Waals surface area (Å²) in [5.74, 6) is 0.480. The molecule has 1 aliphatic carbocycles. The molecule has 1 aromatic carbocycles. The number of anilines is 1. The number of halogens is 2. The van der Waals surface area contributed by atoms with Crippen molar-refractivity contribution in [3.63, 3.8) is 0 Å². The van der Waals surface area contributed by atoms with Crippen LogP contribution in [-0.2, 0) is 4.74 Å². The summed E-state index contributed by atoms with van der Waals surface area (Å²) in [6.07, 6.45) is 9.19. The van der Waals surface area contributed by atoms with Crippen LogP contribution in [0.25, 0.3) is 33.1 Å². The van der Waals surface area contributed by atoms with Gasteiger partial charge in [-0.25, -0.2) is 9.37 Å². The van der Waals surface area contributed by atoms with Crippen molar-refractivity contribution in [2.75, 3.05) is 51.0 Å². The van der Waals surface area contributed by atoms with Gasteiger partial charge in [-0.05, 0) is 69.5 Å². The fourth-order valence-corrected chi connectivity index (χ4v) is 8.67. The standard InChI is InChI=1S/C34H37ClFN7O4/c1-18-6-10-45-15-21-16-46-32-27-30(28(36)29(38-32)26-22-13-37-41-24(22)11-23(35)25(26)20-3-4-20)39-33(40-31(27)43(18)21)47-17-34-7-2-8-42(34)14-19(12-34)5-9-44/h5,11,13,18,20-21,44H,2-4,6-10,12,14-17H2,1H3,(H,37,41)/b19-5-/t18-,21+,34+/m1/s1. The van der Waals surface area contributed by atoms with E-state index in [2.05, 4.69) is 26.9 Å². The van der Waals surface area contributed by atoms with Gasteiger partial charge in [0.1, 0.15) is 35.6 Å². The van der Waals surface area contributed by atoms with Crippen molar-refractivity contribution in [2.45, 2.75) is 69.0 Å². The van der Waals surface area contributed by atoms with Crippen molar-refractivity contribution in [3.8, 4) is 23.1 Å². The molecule has 4 aromatic rings. The SMILES string of the molecule is C[C@@H]1CCOC[C@H]2COc3nc(-c4c(C5CC5)c(Cl)cc5[nH]ncc45)c(F)c4nc(OC[C@@]56CCCN5C/C(=C\CO)C6)nc(c34)N21. The van der Waals surface area contributed by atoms with E-state index < -0.39 is 5.82 Å². The normalized spacial score (nSPS) is 26.8. The molecule has 13 heteroatoms. The predicted octanol–water partition coefficient (Wildman–Crippen LogP) is 5.15. The van der Waals surface area contributed by atoms with E-state index in [4.69, 9.17) is 40.8 Å². The van der Waals surface area contributed by atoms with Gasteiger partial charge >= 0.3 is 6.01 Å². The zero-order valence-electron chi connectivity index (χ0n) is 26.3. The summed E-state index contributed by atoms with van der Waals surface area (Å²) >= 11 is 6.86. The summed E-state index contributed by atoms with van der Waals surface area (Å²) in [5.41, 5.74) is 3.46. The molecule has 5 aliphatic rings. The van der Waals surface area contributed by atoms with E-state index in [0.29, 0.717) is 53.7 Å². The van der Waals surface area contributed by atoms with E-state index in [1.807, 2.05) is 12.1 Å². The number of nitrogens with one attached hydrogen (secondary N) is 1. The van der Waals surface area contributed by atoms with Gasteiger partial charge in [-0.3, -0.25) is 10.00 Å². The lowest BCUT2D eigenvalue weighted by Gasteiger charge is -2.34. The second kappa shape index (κ2) is 11.3. The number of benzene rings is 1. The Morgan fingerprint density at radius 3 is 2.98 bits per heavy atom. The fraction of sp³-hybridized carbons (Fsp3) is 0.529. The number of ether oxygens (including phenoxy) is 3. The second-order valence-electron chi connectivity index (χ2n) is 13.7. The number of H-pyrrole nitrogens is 1. The number of hydrogen-bond acceptors (Lipinski definition) is 10. The van der Waals surface area contributed by atoms with Crippen LogP contribution in [-0.4, -0.2) is 98.9 Å². The van der Waals surface area contributed by atoms with Gasteiger partial charge in [0.25, 0.3) is 0 Å². The summed E-state index contributed by atoms with van der Waals surface area (Å²) in [6.45, 7) is 5.67. The zero-order valence-corrected chi connectivity index (χ0v) is 27.0. The first-order valence-corrected chi connectivity index (χ1v) is 17.0. The van der Waals surface area contributed by atoms with Crippen LogP contribution >= 0.6 is 11.6 Å². The Labute approximate surface area is 276 Å². The Bertz CT molecular complexity index is 1930. The van der Waals surface area contributed by atoms with E-state index in [1.54, 1.807) is 6.20 Å². The Kier molecular flexibility index (Phi) is 7.08. The van der Waals surface area contributed by atoms with E-state index in [0.717, 1.165) is 62.6 Å². The van der Waals surface area contributed by atoms with Gasteiger partial charge in [0.05, 0.1) is 36.5 Å². The van der Waals surface area contributed by atoms with Crippen molar-refractivity contribution in [2.24, 2.45) is 0 Å². The molecule has 4 fully saturated rings. The number of fused-ring (bicyclic) bond motifs is 4. The fourth-order valence-electron chi connectivity index (χ4n) is 8.31. The minimum Gasteiger partial charge on any atom is -0.475 e. The second-order valence-corrected chi connectivity index (χ2v) is 14.1. The molecule has 9 rings (SSSR count). The number of hydrogen-bond donors (Lipinski definition) is 2. The summed E-state index contributed by atoms with van der Waals surface area (Å²) < 4.78 is 36.2. The topological polar surface area (TPSA) is 122 Å². The molecule has 3 atom stereocenters. The molecule has 7 heterocycles. The Balaban J connectivity index is 1.23. The maximum absolute atomic E-state index is 17.3. The lowest BCUT2D eigenvalue weighted by atomic mass is 9.93. The maximum Gasteiger partial charge on any atom is 0.319 e. The van der Waals surface area contributed by atoms with Crippen LogP contribution in [0.5, 0.6) is 11.9 Å². The molecule has 0 amide bonds. The number of aliphatic hydroxyl groups is 1. The van der Waals surface area contributed by atoms with E-state index in [9.17, 15) is 5.11 Å². The van der Waals surface area contributed by atoms with Gasteiger partial charge in [-0.1, -0.05) is 23.3 Å². The highest BCUT2D eigenvalue weighted by Crippen LogP contribution is 2.51. The third-order valence-corrected chi connectivity index (χ3v) is 11.0. The molecule has 1 saturated carbocycles. The van der Waals surface area contributed by atoms with Crippen molar-refractivity contribution in [1.29, 1.82) is 0 Å². The highest BCUT2D eigenvalue weighted by Gasteiger charge is 2.47. The predicted molar refractivity (Wildman–Crippen MR) is 175 cm³/mol. The van der Waals surface area contributed by atoms with Crippen LogP contribution < -0.4 is 14.4 Å². The molecule has 246 valence electrons. The summed E-state index contributed by atoms with van der Waals surface area (Å²) in [5, 5.41) is 18.5. The number of rotatable bonds is 6. The third-order valence-electron chi connectivity index (χ3n) is 10.7. The van der Waals surface area contributed by atoms with Crippen LogP contribution in [0.4, 0.5) is 10.2 Å². The highest BCUT2D eigenvalue weighted by atomic mass is 35.5. The van der Waals surface area contributed by atoms with Crippen LogP contribution in [0.1, 0.15) is 56.9 Å². The zero-order chi connectivity index (χ0) is 31.9. The van der Waals surface area contributed by atoms with E-state index in [1.165, 1.54) is 5.57 Å². The molecule has 47 heavy (non-hydrogen) atoms. The number of aromatic amines is 1. The van der Waals surface area contributed by atoms with E-state index in [-0.39, 0.29) is 53.2 Å². The lowest BCUT2D eigenvalue weighted by molar-refractivity contribution is 0.108. The molecule has 2 N–H and O–H groups in total. The molecule has 3 aromatic heterocycles. The lowest BCUT2D eigenvalue weighted by Crippen LogP contribution is -2.46. The summed E-state index contributed by atoms with van der Waals surface area (Å²) in [7, 11) is 0. The first-order chi connectivity index (χ1) is 22.9. The Morgan fingerprint density at radius 1 is 1.23 bits per heavy atom. The van der Waals surface area contributed by atoms with E-state index >= 15 is 4.39 Å². The molecule has 11 nitrogen and oxygen atoms in total.